The zero-order chi connectivity index (χ0) is 26.5. The minimum absolute atomic E-state index is 0.1000. The van der Waals surface area contributed by atoms with Crippen LogP contribution in [0.5, 0.6) is 0 Å². The maximum Gasteiger partial charge on any atom is 0.419 e. The van der Waals surface area contributed by atoms with E-state index in [9.17, 15) is 59.7 Å². The summed E-state index contributed by atoms with van der Waals surface area (Å²) in [6.07, 6.45) is -17.3. The number of benzene rings is 2. The van der Waals surface area contributed by atoms with E-state index in [1.165, 1.54) is 0 Å². The number of nitro groups is 2. The molecule has 19 heteroatoms. The van der Waals surface area contributed by atoms with Crippen molar-refractivity contribution in [2.24, 2.45) is 0 Å². The van der Waals surface area contributed by atoms with Gasteiger partial charge in [-0.1, -0.05) is 34.8 Å². The van der Waals surface area contributed by atoms with Crippen LogP contribution in [0.25, 0.3) is 0 Å². The molecule has 2 aromatic rings. The van der Waals surface area contributed by atoms with E-state index >= 15 is 0 Å². The fraction of sp³-hybridized carbons (Fsp3) is 0.200. The van der Waals surface area contributed by atoms with E-state index in [0.717, 1.165) is 5.32 Å². The highest BCUT2D eigenvalue weighted by atomic mass is 35.5. The lowest BCUT2D eigenvalue weighted by Gasteiger charge is -2.24. The zero-order valence-electron chi connectivity index (χ0n) is 15.2. The molecule has 0 atom stereocenters. The van der Waals surface area contributed by atoms with Gasteiger partial charge in [0.1, 0.15) is 5.69 Å². The maximum atomic E-state index is 13.6. The molecule has 2 rings (SSSR count). The van der Waals surface area contributed by atoms with Crippen LogP contribution in [-0.4, -0.2) is 9.85 Å². The van der Waals surface area contributed by atoms with Crippen LogP contribution in [0.15, 0.2) is 12.1 Å². The number of nitrogens with zero attached hydrogens (tertiary/aromatic N) is 2. The average Bonchev–Trinajstić information content (AvgIpc) is 2.62. The highest BCUT2D eigenvalue weighted by molar-refractivity contribution is 6.49. The van der Waals surface area contributed by atoms with Crippen molar-refractivity contribution in [2.45, 2.75) is 18.5 Å². The smallest absolute Gasteiger partial charge is 0.348 e. The van der Waals surface area contributed by atoms with E-state index in [1.54, 1.807) is 0 Å². The third-order valence-electron chi connectivity index (χ3n) is 3.96. The molecule has 0 saturated carbocycles. The lowest BCUT2D eigenvalue weighted by atomic mass is 10.0. The SMILES string of the molecule is O=[N+]([O-])c1cc([N+](=O)[O-])c(Nc2c(C(F)(F)F)c(Cl)c(Cl)c(Cl)c2C(F)(F)F)c(C(F)(F)F)c1. The van der Waals surface area contributed by atoms with Crippen molar-refractivity contribution in [1.82, 2.24) is 0 Å². The summed E-state index contributed by atoms with van der Waals surface area (Å²) < 4.78 is 122. The Bertz CT molecular complexity index is 1160. The van der Waals surface area contributed by atoms with Crippen molar-refractivity contribution in [3.63, 3.8) is 0 Å². The predicted octanol–water partition coefficient (Wildman–Crippen LogP) is 8.26. The van der Waals surface area contributed by atoms with Gasteiger partial charge in [-0.05, 0) is 0 Å². The lowest BCUT2D eigenvalue weighted by Crippen LogP contribution is -2.19. The van der Waals surface area contributed by atoms with Gasteiger partial charge in [0.2, 0.25) is 0 Å². The fourth-order valence-electron chi connectivity index (χ4n) is 2.66. The molecule has 0 unspecified atom stereocenters. The van der Waals surface area contributed by atoms with Crippen LogP contribution in [-0.2, 0) is 18.5 Å². The highest BCUT2D eigenvalue weighted by Crippen LogP contribution is 2.55. The van der Waals surface area contributed by atoms with Gasteiger partial charge in [-0.15, -0.1) is 0 Å². The Kier molecular flexibility index (Phi) is 7.13. The standard InChI is InChI=1S/C15H3Cl3F9N3O4/c16-8-6(14(22,23)24)12(7(15(25,26)27)9(17)10(8)18)28-11-4(13(19,20)21)1-3(29(31)32)2-5(11)30(33)34/h1-2,28H. The summed E-state index contributed by atoms with van der Waals surface area (Å²) in [5.74, 6) is 0. The summed E-state index contributed by atoms with van der Waals surface area (Å²) in [4.78, 5) is 19.0. The van der Waals surface area contributed by atoms with Gasteiger partial charge >= 0.3 is 18.5 Å². The molecular weight excluding hydrogens is 564 g/mol. The molecule has 7 nitrogen and oxygen atoms in total. The van der Waals surface area contributed by atoms with Gasteiger partial charge in [0, 0.05) is 6.07 Å². The molecule has 0 radical (unpaired) electrons. The molecule has 1 N–H and O–H groups in total. The van der Waals surface area contributed by atoms with Gasteiger partial charge < -0.3 is 5.32 Å². The van der Waals surface area contributed by atoms with Crippen LogP contribution in [0.2, 0.25) is 15.1 Å². The van der Waals surface area contributed by atoms with E-state index in [2.05, 4.69) is 0 Å². The second kappa shape index (κ2) is 8.81. The van der Waals surface area contributed by atoms with Crippen molar-refractivity contribution in [3.05, 3.63) is 64.1 Å². The summed E-state index contributed by atoms with van der Waals surface area (Å²) in [7, 11) is 0. The van der Waals surface area contributed by atoms with Crippen molar-refractivity contribution in [2.75, 3.05) is 5.32 Å². The largest absolute Gasteiger partial charge is 0.419 e. The van der Waals surface area contributed by atoms with Crippen LogP contribution in [0, 0.1) is 20.2 Å². The number of alkyl halides is 9. The number of hydrogen-bond acceptors (Lipinski definition) is 5. The van der Waals surface area contributed by atoms with Crippen LogP contribution in [0.4, 0.5) is 62.3 Å². The molecular formula is C15H3Cl3F9N3O4. The quantitative estimate of drug-likeness (QED) is 0.174. The monoisotopic (exact) mass is 565 g/mol. The van der Waals surface area contributed by atoms with E-state index < -0.39 is 82.9 Å². The number of nitrogens with one attached hydrogen (secondary N) is 1. The van der Waals surface area contributed by atoms with Gasteiger partial charge in [-0.2, -0.15) is 39.5 Å². The fourth-order valence-corrected chi connectivity index (χ4v) is 3.49. The number of nitro benzene ring substituents is 2. The molecule has 0 fully saturated rings. The average molecular weight is 567 g/mol. The Labute approximate surface area is 195 Å². The Morgan fingerprint density at radius 1 is 0.676 bits per heavy atom. The number of anilines is 2. The van der Waals surface area contributed by atoms with E-state index in [0.29, 0.717) is 0 Å². The molecule has 0 bridgehead atoms. The van der Waals surface area contributed by atoms with Crippen molar-refractivity contribution < 1.29 is 49.4 Å². The molecule has 2 aromatic carbocycles. The summed E-state index contributed by atoms with van der Waals surface area (Å²) in [6, 6.07) is -0.424. The first-order chi connectivity index (χ1) is 15.2. The van der Waals surface area contributed by atoms with Gasteiger partial charge in [0.15, 0.2) is 0 Å². The Balaban J connectivity index is 3.13. The summed E-state index contributed by atoms with van der Waals surface area (Å²) in [5, 5.41) is 18.5. The van der Waals surface area contributed by atoms with Crippen LogP contribution >= 0.6 is 34.8 Å². The number of hydrogen-bond donors (Lipinski definition) is 1. The number of halogens is 12. The van der Waals surface area contributed by atoms with Crippen LogP contribution in [0.3, 0.4) is 0 Å². The normalized spacial score (nSPS) is 12.6. The van der Waals surface area contributed by atoms with Crippen molar-refractivity contribution in [1.29, 1.82) is 0 Å². The Hall–Kier alpha value is -2.72. The molecule has 0 heterocycles. The first kappa shape index (κ1) is 27.5. The van der Waals surface area contributed by atoms with E-state index in [1.807, 2.05) is 0 Å². The molecule has 0 spiro atoms. The summed E-state index contributed by atoms with van der Waals surface area (Å²) in [6.45, 7) is 0. The molecule has 186 valence electrons. The van der Waals surface area contributed by atoms with E-state index in [4.69, 9.17) is 34.8 Å². The van der Waals surface area contributed by atoms with Crippen molar-refractivity contribution in [3.8, 4) is 0 Å². The number of rotatable bonds is 4. The second-order valence-electron chi connectivity index (χ2n) is 6.09. The maximum absolute atomic E-state index is 13.6. The molecule has 34 heavy (non-hydrogen) atoms. The summed E-state index contributed by atoms with van der Waals surface area (Å²) in [5.41, 5.74) is -14.8. The molecule has 0 aromatic heterocycles. The minimum Gasteiger partial charge on any atom is -0.348 e. The predicted molar refractivity (Wildman–Crippen MR) is 99.5 cm³/mol. The van der Waals surface area contributed by atoms with Gasteiger partial charge in [0.25, 0.3) is 11.4 Å². The van der Waals surface area contributed by atoms with Gasteiger partial charge in [-0.3, -0.25) is 20.2 Å². The second-order valence-corrected chi connectivity index (χ2v) is 7.22. The van der Waals surface area contributed by atoms with Crippen molar-refractivity contribution >= 4 is 57.6 Å². The van der Waals surface area contributed by atoms with Gasteiger partial charge in [0.05, 0.1) is 53.4 Å². The Morgan fingerprint density at radius 3 is 1.44 bits per heavy atom. The first-order valence-corrected chi connectivity index (χ1v) is 8.98. The van der Waals surface area contributed by atoms with Gasteiger partial charge in [-0.25, -0.2) is 0 Å². The molecule has 0 aliphatic heterocycles. The summed E-state index contributed by atoms with van der Waals surface area (Å²) >= 11 is 16.1. The molecule has 0 amide bonds. The topological polar surface area (TPSA) is 98.3 Å². The minimum atomic E-state index is -5.80. The molecule has 0 aliphatic carbocycles. The van der Waals surface area contributed by atoms with Crippen LogP contribution in [0.1, 0.15) is 16.7 Å². The lowest BCUT2D eigenvalue weighted by molar-refractivity contribution is -0.394. The Morgan fingerprint density at radius 2 is 1.12 bits per heavy atom. The highest BCUT2D eigenvalue weighted by Gasteiger charge is 2.48. The molecule has 0 saturated heterocycles. The third kappa shape index (κ3) is 5.17. The zero-order valence-corrected chi connectivity index (χ0v) is 17.5. The van der Waals surface area contributed by atoms with Crippen LogP contribution < -0.4 is 5.32 Å². The first-order valence-electron chi connectivity index (χ1n) is 7.85. The molecule has 0 aliphatic rings. The third-order valence-corrected chi connectivity index (χ3v) is 5.28. The number of non-ortho nitro benzene ring substituents is 1. The van der Waals surface area contributed by atoms with E-state index in [-0.39, 0.29) is 12.1 Å².